The van der Waals surface area contributed by atoms with Gasteiger partial charge in [-0.05, 0) is 70.6 Å². The maximum Gasteiger partial charge on any atom is 0.243 e. The Morgan fingerprint density at radius 2 is 1.13 bits per heavy atom. The molecule has 1 saturated heterocycles. The van der Waals surface area contributed by atoms with Gasteiger partial charge in [-0.25, -0.2) is 0 Å². The zero-order chi connectivity index (χ0) is 32.4. The first-order chi connectivity index (χ1) is 23.0. The Bertz CT molecular complexity index is 1830. The van der Waals surface area contributed by atoms with Crippen LogP contribution in [0, 0.1) is 5.92 Å². The normalized spacial score (nSPS) is 14.7. The zero-order valence-corrected chi connectivity index (χ0v) is 26.6. The quantitative estimate of drug-likeness (QED) is 0.155. The molecule has 0 spiro atoms. The highest BCUT2D eigenvalue weighted by atomic mass is 16.2. The molecule has 0 bridgehead atoms. The van der Waals surface area contributed by atoms with Crippen LogP contribution in [0.1, 0.15) is 29.5 Å². The molecular weight excluding hydrogens is 584 g/mol. The number of carbonyl (C=O) groups is 3. The van der Waals surface area contributed by atoms with E-state index in [1.165, 1.54) is 0 Å². The number of amides is 3. The monoisotopic (exact) mass is 626 g/mol. The highest BCUT2D eigenvalue weighted by molar-refractivity contribution is 5.93. The van der Waals surface area contributed by atoms with Gasteiger partial charge in [0.2, 0.25) is 17.7 Å². The molecule has 5 aromatic carbocycles. The molecule has 7 nitrogen and oxygen atoms in total. The standard InChI is InChI=1S/C40H42N4O3/c45-38(33-19-21-41-22-20-33)43-37(27-30-15-17-32-11-5-7-13-35(32)25-30)40(47)44-36(39(46)42-23-18-28-8-2-1-3-9-28)26-29-14-16-31-10-4-6-12-34(31)24-29/h1-17,24-25,33,36-37,41H,18-23,26-27H2,(H,42,46)(H,43,45)(H,44,47)/t36?,37-/m1/s1. The van der Waals surface area contributed by atoms with E-state index in [4.69, 9.17) is 0 Å². The van der Waals surface area contributed by atoms with E-state index in [2.05, 4.69) is 45.5 Å². The summed E-state index contributed by atoms with van der Waals surface area (Å²) in [6.45, 7) is 1.99. The SMILES string of the molecule is O=C(N[C@H](Cc1ccc2ccccc2c1)C(=O)NC(Cc1ccc2ccccc2c1)C(=O)NCCc1ccccc1)C1CCNCC1. The molecule has 240 valence electrons. The largest absolute Gasteiger partial charge is 0.354 e. The molecule has 4 N–H and O–H groups in total. The van der Waals surface area contributed by atoms with Gasteiger partial charge < -0.3 is 21.3 Å². The number of hydrogen-bond donors (Lipinski definition) is 4. The van der Waals surface area contributed by atoms with E-state index in [9.17, 15) is 14.4 Å². The zero-order valence-electron chi connectivity index (χ0n) is 26.6. The third kappa shape index (κ3) is 8.63. The van der Waals surface area contributed by atoms with Crippen LogP contribution in [0.5, 0.6) is 0 Å². The number of benzene rings is 5. The molecule has 6 rings (SSSR count). The Morgan fingerprint density at radius 3 is 1.72 bits per heavy atom. The molecule has 3 amide bonds. The van der Waals surface area contributed by atoms with Crippen LogP contribution >= 0.6 is 0 Å². The van der Waals surface area contributed by atoms with Gasteiger partial charge in [0.05, 0.1) is 0 Å². The summed E-state index contributed by atoms with van der Waals surface area (Å²) in [4.78, 5) is 41.3. The van der Waals surface area contributed by atoms with Crippen molar-refractivity contribution in [3.8, 4) is 0 Å². The molecule has 1 aliphatic heterocycles. The van der Waals surface area contributed by atoms with Crippen molar-refractivity contribution in [1.82, 2.24) is 21.3 Å². The van der Waals surface area contributed by atoms with Crippen molar-refractivity contribution in [3.63, 3.8) is 0 Å². The summed E-state index contributed by atoms with van der Waals surface area (Å²) >= 11 is 0. The van der Waals surface area contributed by atoms with Gasteiger partial charge in [-0.15, -0.1) is 0 Å². The predicted molar refractivity (Wildman–Crippen MR) is 188 cm³/mol. The highest BCUT2D eigenvalue weighted by Gasteiger charge is 2.30. The van der Waals surface area contributed by atoms with E-state index >= 15 is 0 Å². The molecule has 0 aliphatic carbocycles. The first-order valence-corrected chi connectivity index (χ1v) is 16.6. The number of fused-ring (bicyclic) bond motifs is 2. The molecule has 1 heterocycles. The second kappa shape index (κ2) is 15.5. The van der Waals surface area contributed by atoms with Crippen LogP contribution in [-0.4, -0.2) is 49.4 Å². The summed E-state index contributed by atoms with van der Waals surface area (Å²) in [6, 6.07) is 36.7. The van der Waals surface area contributed by atoms with Gasteiger partial charge in [0, 0.05) is 25.3 Å². The van der Waals surface area contributed by atoms with Gasteiger partial charge in [-0.3, -0.25) is 14.4 Å². The molecule has 1 fully saturated rings. The Kier molecular flexibility index (Phi) is 10.6. The lowest BCUT2D eigenvalue weighted by Crippen LogP contribution is -2.56. The second-order valence-electron chi connectivity index (χ2n) is 12.4. The fraction of sp³-hybridized carbons (Fsp3) is 0.275. The van der Waals surface area contributed by atoms with E-state index < -0.39 is 12.1 Å². The van der Waals surface area contributed by atoms with E-state index in [0.29, 0.717) is 25.8 Å². The van der Waals surface area contributed by atoms with Gasteiger partial charge in [-0.1, -0.05) is 115 Å². The number of rotatable bonds is 12. The fourth-order valence-electron chi connectivity index (χ4n) is 6.37. The molecule has 1 unspecified atom stereocenters. The van der Waals surface area contributed by atoms with Crippen LogP contribution in [0.25, 0.3) is 21.5 Å². The lowest BCUT2D eigenvalue weighted by molar-refractivity contribution is -0.133. The summed E-state index contributed by atoms with van der Waals surface area (Å²) < 4.78 is 0. The van der Waals surface area contributed by atoms with Gasteiger partial charge in [0.25, 0.3) is 0 Å². The van der Waals surface area contributed by atoms with Crippen LogP contribution in [0.3, 0.4) is 0 Å². The van der Waals surface area contributed by atoms with Crippen LogP contribution < -0.4 is 21.3 Å². The Balaban J connectivity index is 1.23. The maximum atomic E-state index is 14.1. The van der Waals surface area contributed by atoms with Gasteiger partial charge in [0.1, 0.15) is 12.1 Å². The number of nitrogens with one attached hydrogen (secondary N) is 4. The third-order valence-electron chi connectivity index (χ3n) is 9.04. The number of carbonyl (C=O) groups excluding carboxylic acids is 3. The average Bonchev–Trinajstić information content (AvgIpc) is 3.11. The Hall–Kier alpha value is -5.01. The molecule has 5 aromatic rings. The van der Waals surface area contributed by atoms with E-state index in [-0.39, 0.29) is 23.6 Å². The molecule has 1 aliphatic rings. The molecule has 2 atom stereocenters. The molecule has 0 aromatic heterocycles. The topological polar surface area (TPSA) is 99.3 Å². The van der Waals surface area contributed by atoms with Crippen LogP contribution in [0.2, 0.25) is 0 Å². The average molecular weight is 627 g/mol. The highest BCUT2D eigenvalue weighted by Crippen LogP contribution is 2.19. The van der Waals surface area contributed by atoms with Crippen molar-refractivity contribution in [3.05, 3.63) is 132 Å². The van der Waals surface area contributed by atoms with Gasteiger partial charge in [-0.2, -0.15) is 0 Å². The predicted octanol–water partition coefficient (Wildman–Crippen LogP) is 5.11. The summed E-state index contributed by atoms with van der Waals surface area (Å²) in [5, 5.41) is 16.8. The molecular formula is C40H42N4O3. The van der Waals surface area contributed by atoms with E-state index in [0.717, 1.165) is 64.2 Å². The van der Waals surface area contributed by atoms with Gasteiger partial charge >= 0.3 is 0 Å². The van der Waals surface area contributed by atoms with Crippen LogP contribution in [0.15, 0.2) is 115 Å². The minimum atomic E-state index is -0.838. The van der Waals surface area contributed by atoms with Crippen molar-refractivity contribution >= 4 is 39.3 Å². The third-order valence-corrected chi connectivity index (χ3v) is 9.04. The van der Waals surface area contributed by atoms with Crippen LogP contribution in [0.4, 0.5) is 0 Å². The van der Waals surface area contributed by atoms with Gasteiger partial charge in [0.15, 0.2) is 0 Å². The van der Waals surface area contributed by atoms with Crippen molar-refractivity contribution in [2.45, 2.75) is 44.2 Å². The maximum absolute atomic E-state index is 14.1. The Labute approximate surface area is 276 Å². The van der Waals surface area contributed by atoms with Crippen molar-refractivity contribution < 1.29 is 14.4 Å². The molecule has 47 heavy (non-hydrogen) atoms. The number of hydrogen-bond acceptors (Lipinski definition) is 4. The minimum absolute atomic E-state index is 0.120. The van der Waals surface area contributed by atoms with Crippen molar-refractivity contribution in [2.24, 2.45) is 5.92 Å². The van der Waals surface area contributed by atoms with E-state index in [1.54, 1.807) is 0 Å². The lowest BCUT2D eigenvalue weighted by atomic mass is 9.95. The smallest absolute Gasteiger partial charge is 0.243 e. The fourth-order valence-corrected chi connectivity index (χ4v) is 6.37. The minimum Gasteiger partial charge on any atom is -0.354 e. The second-order valence-corrected chi connectivity index (χ2v) is 12.4. The van der Waals surface area contributed by atoms with Crippen molar-refractivity contribution in [1.29, 1.82) is 0 Å². The van der Waals surface area contributed by atoms with Crippen LogP contribution in [-0.2, 0) is 33.6 Å². The summed E-state index contributed by atoms with van der Waals surface area (Å²) in [5.74, 6) is -0.898. The number of piperidine rings is 1. The van der Waals surface area contributed by atoms with E-state index in [1.807, 2.05) is 91.0 Å². The molecule has 0 saturated carbocycles. The first kappa shape index (κ1) is 32.0. The Morgan fingerprint density at radius 1 is 0.596 bits per heavy atom. The summed E-state index contributed by atoms with van der Waals surface area (Å²) in [5.41, 5.74) is 3.00. The summed E-state index contributed by atoms with van der Waals surface area (Å²) in [7, 11) is 0. The lowest BCUT2D eigenvalue weighted by Gasteiger charge is -2.27. The van der Waals surface area contributed by atoms with Crippen molar-refractivity contribution in [2.75, 3.05) is 19.6 Å². The summed E-state index contributed by atoms with van der Waals surface area (Å²) in [6.07, 6.45) is 2.76. The first-order valence-electron chi connectivity index (χ1n) is 16.6. The molecule has 7 heteroatoms. The molecule has 0 radical (unpaired) electrons.